The van der Waals surface area contributed by atoms with Crippen LogP contribution in [0, 0.1) is 5.82 Å². The minimum atomic E-state index is -3.37. The zero-order chi connectivity index (χ0) is 13.9. The summed E-state index contributed by atoms with van der Waals surface area (Å²) in [5, 5.41) is 2.81. The van der Waals surface area contributed by atoms with Crippen LogP contribution in [0.15, 0.2) is 24.3 Å². The number of sulfonamides is 1. The van der Waals surface area contributed by atoms with Crippen LogP contribution >= 0.6 is 0 Å². The normalized spacial score (nSPS) is 17.4. The van der Waals surface area contributed by atoms with Gasteiger partial charge in [-0.25, -0.2) is 12.8 Å². The van der Waals surface area contributed by atoms with Crippen LogP contribution < -0.4 is 9.62 Å². The Morgan fingerprint density at radius 1 is 1.26 bits per heavy atom. The number of rotatable bonds is 4. The molecule has 1 aliphatic heterocycles. The molecule has 0 atom stereocenters. The fourth-order valence-corrected chi connectivity index (χ4v) is 4.36. The second-order valence-electron chi connectivity index (χ2n) is 4.64. The van der Waals surface area contributed by atoms with Gasteiger partial charge >= 0.3 is 0 Å². The number of nitrogens with one attached hydrogen (secondary N) is 1. The SMILES string of the molecule is CCN(c1ccc(F)cc1)S(=O)(=O)C1CCNCC1. The molecule has 0 unspecified atom stereocenters. The van der Waals surface area contributed by atoms with Crippen LogP contribution in [-0.2, 0) is 10.0 Å². The van der Waals surface area contributed by atoms with Gasteiger partial charge in [0.2, 0.25) is 10.0 Å². The van der Waals surface area contributed by atoms with Gasteiger partial charge in [-0.15, -0.1) is 0 Å². The Hall–Kier alpha value is -1.14. The average molecular weight is 286 g/mol. The largest absolute Gasteiger partial charge is 0.317 e. The molecule has 0 aromatic heterocycles. The number of halogens is 1. The minimum absolute atomic E-state index is 0.348. The van der Waals surface area contributed by atoms with Gasteiger partial charge in [0.15, 0.2) is 0 Å². The van der Waals surface area contributed by atoms with E-state index in [4.69, 9.17) is 0 Å². The maximum absolute atomic E-state index is 12.9. The number of anilines is 1. The van der Waals surface area contributed by atoms with Gasteiger partial charge in [0.25, 0.3) is 0 Å². The molecular weight excluding hydrogens is 267 g/mol. The van der Waals surface area contributed by atoms with Crippen molar-refractivity contribution in [2.45, 2.75) is 25.0 Å². The molecular formula is C13H19FN2O2S. The van der Waals surface area contributed by atoms with Crippen molar-refractivity contribution < 1.29 is 12.8 Å². The van der Waals surface area contributed by atoms with Gasteiger partial charge in [0, 0.05) is 6.54 Å². The molecule has 0 aliphatic carbocycles. The van der Waals surface area contributed by atoms with Crippen LogP contribution in [0.4, 0.5) is 10.1 Å². The van der Waals surface area contributed by atoms with E-state index in [-0.39, 0.29) is 11.1 Å². The zero-order valence-corrected chi connectivity index (χ0v) is 11.8. The Bertz CT molecular complexity index is 510. The van der Waals surface area contributed by atoms with E-state index in [0.717, 1.165) is 13.1 Å². The van der Waals surface area contributed by atoms with Crippen LogP contribution in [0.5, 0.6) is 0 Å². The van der Waals surface area contributed by atoms with E-state index in [0.29, 0.717) is 25.1 Å². The molecule has 1 aliphatic rings. The Balaban J connectivity index is 2.27. The first-order chi connectivity index (χ1) is 9.05. The molecule has 1 saturated heterocycles. The molecule has 1 aromatic carbocycles. The highest BCUT2D eigenvalue weighted by Gasteiger charge is 2.32. The molecule has 106 valence electrons. The predicted octanol–water partition coefficient (Wildman–Crippen LogP) is 1.73. The Kier molecular flexibility index (Phi) is 4.42. The standard InChI is InChI=1S/C13H19FN2O2S/c1-2-16(12-5-3-11(14)4-6-12)19(17,18)13-7-9-15-10-8-13/h3-6,13,15H,2,7-10H2,1H3. The molecule has 0 saturated carbocycles. The quantitative estimate of drug-likeness (QED) is 0.917. The van der Waals surface area contributed by atoms with E-state index in [2.05, 4.69) is 5.32 Å². The molecule has 1 fully saturated rings. The van der Waals surface area contributed by atoms with Gasteiger partial charge in [-0.05, 0) is 57.1 Å². The topological polar surface area (TPSA) is 49.4 Å². The Morgan fingerprint density at radius 2 is 1.84 bits per heavy atom. The highest BCUT2D eigenvalue weighted by atomic mass is 32.2. The lowest BCUT2D eigenvalue weighted by molar-refractivity contribution is 0.494. The van der Waals surface area contributed by atoms with Gasteiger partial charge < -0.3 is 5.32 Å². The van der Waals surface area contributed by atoms with Crippen LogP contribution in [0.1, 0.15) is 19.8 Å². The molecule has 4 nitrogen and oxygen atoms in total. The first kappa shape index (κ1) is 14.3. The fourth-order valence-electron chi connectivity index (χ4n) is 2.39. The maximum Gasteiger partial charge on any atom is 0.238 e. The van der Waals surface area contributed by atoms with Crippen molar-refractivity contribution in [2.24, 2.45) is 0 Å². The summed E-state index contributed by atoms with van der Waals surface area (Å²) < 4.78 is 39.5. The molecule has 19 heavy (non-hydrogen) atoms. The van der Waals surface area contributed by atoms with Gasteiger partial charge in [-0.3, -0.25) is 4.31 Å². The minimum Gasteiger partial charge on any atom is -0.317 e. The Morgan fingerprint density at radius 3 is 2.37 bits per heavy atom. The third kappa shape index (κ3) is 3.06. The highest BCUT2D eigenvalue weighted by molar-refractivity contribution is 7.93. The summed E-state index contributed by atoms with van der Waals surface area (Å²) in [6.45, 7) is 3.61. The van der Waals surface area contributed by atoms with E-state index in [1.807, 2.05) is 0 Å². The summed E-state index contributed by atoms with van der Waals surface area (Å²) in [4.78, 5) is 0. The monoisotopic (exact) mass is 286 g/mol. The second-order valence-corrected chi connectivity index (χ2v) is 6.77. The third-order valence-corrected chi connectivity index (χ3v) is 5.81. The molecule has 6 heteroatoms. The molecule has 1 aromatic rings. The van der Waals surface area contributed by atoms with Crippen LogP contribution in [0.3, 0.4) is 0 Å². The lowest BCUT2D eigenvalue weighted by atomic mass is 10.2. The maximum atomic E-state index is 12.9. The van der Waals surface area contributed by atoms with E-state index in [1.54, 1.807) is 6.92 Å². The molecule has 1 N–H and O–H groups in total. The van der Waals surface area contributed by atoms with Crippen molar-refractivity contribution in [3.8, 4) is 0 Å². The molecule has 1 heterocycles. The molecule has 0 spiro atoms. The number of hydrogen-bond acceptors (Lipinski definition) is 3. The van der Waals surface area contributed by atoms with E-state index < -0.39 is 10.0 Å². The number of piperidine rings is 1. The smallest absolute Gasteiger partial charge is 0.238 e. The summed E-state index contributed by atoms with van der Waals surface area (Å²) in [6, 6.07) is 5.60. The lowest BCUT2D eigenvalue weighted by Gasteiger charge is -2.30. The van der Waals surface area contributed by atoms with Crippen molar-refractivity contribution in [3.05, 3.63) is 30.1 Å². The van der Waals surface area contributed by atoms with Gasteiger partial charge in [0.05, 0.1) is 10.9 Å². The molecule has 0 bridgehead atoms. The van der Waals surface area contributed by atoms with Crippen molar-refractivity contribution in [1.82, 2.24) is 5.32 Å². The summed E-state index contributed by atoms with van der Waals surface area (Å²) >= 11 is 0. The lowest BCUT2D eigenvalue weighted by Crippen LogP contribution is -2.44. The van der Waals surface area contributed by atoms with Gasteiger partial charge in [0.1, 0.15) is 5.82 Å². The van der Waals surface area contributed by atoms with Crippen molar-refractivity contribution >= 4 is 15.7 Å². The number of nitrogens with zero attached hydrogens (tertiary/aromatic N) is 1. The summed E-state index contributed by atoms with van der Waals surface area (Å²) in [5.41, 5.74) is 0.530. The zero-order valence-electron chi connectivity index (χ0n) is 11.0. The highest BCUT2D eigenvalue weighted by Crippen LogP contribution is 2.24. The van der Waals surface area contributed by atoms with Crippen LogP contribution in [-0.4, -0.2) is 33.3 Å². The van der Waals surface area contributed by atoms with Crippen molar-refractivity contribution in [1.29, 1.82) is 0 Å². The second kappa shape index (κ2) is 5.88. The fraction of sp³-hybridized carbons (Fsp3) is 0.538. The third-order valence-electron chi connectivity index (χ3n) is 3.42. The van der Waals surface area contributed by atoms with E-state index in [1.165, 1.54) is 28.6 Å². The first-order valence-corrected chi connectivity index (χ1v) is 8.04. The van der Waals surface area contributed by atoms with Crippen LogP contribution in [0.25, 0.3) is 0 Å². The summed E-state index contributed by atoms with van der Waals surface area (Å²) in [6.07, 6.45) is 1.25. The van der Waals surface area contributed by atoms with Crippen LogP contribution in [0.2, 0.25) is 0 Å². The van der Waals surface area contributed by atoms with E-state index in [9.17, 15) is 12.8 Å². The predicted molar refractivity (Wildman–Crippen MR) is 74.2 cm³/mol. The molecule has 0 amide bonds. The van der Waals surface area contributed by atoms with Gasteiger partial charge in [-0.2, -0.15) is 0 Å². The van der Waals surface area contributed by atoms with Crippen molar-refractivity contribution in [3.63, 3.8) is 0 Å². The number of benzene rings is 1. The van der Waals surface area contributed by atoms with E-state index >= 15 is 0 Å². The summed E-state index contributed by atoms with van der Waals surface area (Å²) in [7, 11) is -3.37. The Labute approximate surface area is 113 Å². The number of hydrogen-bond donors (Lipinski definition) is 1. The van der Waals surface area contributed by atoms with Gasteiger partial charge in [-0.1, -0.05) is 0 Å². The van der Waals surface area contributed by atoms with Crippen molar-refractivity contribution in [2.75, 3.05) is 23.9 Å². The first-order valence-electron chi connectivity index (χ1n) is 6.53. The average Bonchev–Trinajstić information content (AvgIpc) is 2.42. The molecule has 2 rings (SSSR count). The summed E-state index contributed by atoms with van der Waals surface area (Å²) in [5.74, 6) is -0.362. The molecule has 0 radical (unpaired) electrons.